The van der Waals surface area contributed by atoms with Gasteiger partial charge in [-0.2, -0.15) is 0 Å². The van der Waals surface area contributed by atoms with Crippen molar-refractivity contribution in [2.75, 3.05) is 0 Å². The average Bonchev–Trinajstić information content (AvgIpc) is 3.03. The van der Waals surface area contributed by atoms with E-state index in [1.54, 1.807) is 15.1 Å². The molecule has 0 saturated carbocycles. The molecule has 9 heteroatoms. The Kier molecular flexibility index (Phi) is 3.77. The fraction of sp³-hybridized carbons (Fsp3) is 0.462. The van der Waals surface area contributed by atoms with Crippen LogP contribution in [0.4, 0.5) is 0 Å². The van der Waals surface area contributed by atoms with Crippen molar-refractivity contribution in [3.63, 3.8) is 0 Å². The molecule has 3 aromatic heterocycles. The summed E-state index contributed by atoms with van der Waals surface area (Å²) in [5.41, 5.74) is 1.41. The van der Waals surface area contributed by atoms with Gasteiger partial charge in [-0.15, -0.1) is 16.4 Å². The second-order valence-corrected chi connectivity index (χ2v) is 7.69. The number of thiazole rings is 1. The molecular formula is C13H16N6OS2. The van der Waals surface area contributed by atoms with Gasteiger partial charge in [0.15, 0.2) is 4.96 Å². The molecule has 0 fully saturated rings. The van der Waals surface area contributed by atoms with Crippen molar-refractivity contribution in [1.29, 1.82) is 0 Å². The molecule has 3 aromatic rings. The Labute approximate surface area is 135 Å². The molecule has 22 heavy (non-hydrogen) atoms. The van der Waals surface area contributed by atoms with Crippen LogP contribution >= 0.6 is 23.1 Å². The number of aryl methyl sites for hydroxylation is 1. The van der Waals surface area contributed by atoms with E-state index < -0.39 is 0 Å². The molecule has 0 aromatic carbocycles. The zero-order chi connectivity index (χ0) is 15.9. The van der Waals surface area contributed by atoms with Crippen LogP contribution in [0.2, 0.25) is 0 Å². The summed E-state index contributed by atoms with van der Waals surface area (Å²) < 4.78 is 3.40. The lowest BCUT2D eigenvalue weighted by molar-refractivity contribution is 0.321. The summed E-state index contributed by atoms with van der Waals surface area (Å²) in [6, 6.07) is 1.57. The van der Waals surface area contributed by atoms with Gasteiger partial charge >= 0.3 is 0 Å². The number of rotatable bonds is 3. The molecule has 3 heterocycles. The van der Waals surface area contributed by atoms with Crippen LogP contribution in [0.15, 0.2) is 21.4 Å². The minimum absolute atomic E-state index is 0.0465. The third-order valence-corrected chi connectivity index (χ3v) is 4.95. The Morgan fingerprint density at radius 1 is 1.36 bits per heavy atom. The molecule has 7 nitrogen and oxygen atoms in total. The Balaban J connectivity index is 1.86. The number of tetrazole rings is 1. The van der Waals surface area contributed by atoms with Gasteiger partial charge in [0, 0.05) is 22.9 Å². The van der Waals surface area contributed by atoms with E-state index >= 15 is 0 Å². The lowest BCUT2D eigenvalue weighted by Gasteiger charge is -2.19. The van der Waals surface area contributed by atoms with Gasteiger partial charge < -0.3 is 0 Å². The zero-order valence-electron chi connectivity index (χ0n) is 12.8. The van der Waals surface area contributed by atoms with Crippen molar-refractivity contribution in [2.24, 2.45) is 0 Å². The maximum atomic E-state index is 12.1. The smallest absolute Gasteiger partial charge is 0.258 e. The van der Waals surface area contributed by atoms with E-state index in [1.807, 2.05) is 33.1 Å². The molecule has 0 amide bonds. The second kappa shape index (κ2) is 5.47. The van der Waals surface area contributed by atoms with Crippen LogP contribution in [-0.2, 0) is 11.3 Å². The van der Waals surface area contributed by atoms with Crippen LogP contribution in [0, 0.1) is 6.92 Å². The summed E-state index contributed by atoms with van der Waals surface area (Å²) in [6.45, 7) is 8.02. The predicted octanol–water partition coefficient (Wildman–Crippen LogP) is 2.10. The molecule has 0 spiro atoms. The summed E-state index contributed by atoms with van der Waals surface area (Å²) in [6.07, 6.45) is 0. The lowest BCUT2D eigenvalue weighted by atomic mass is 10.1. The molecule has 0 unspecified atom stereocenters. The number of hydrogen-bond acceptors (Lipinski definition) is 7. The summed E-state index contributed by atoms with van der Waals surface area (Å²) in [7, 11) is 0. The molecule has 0 aliphatic heterocycles. The molecular weight excluding hydrogens is 320 g/mol. The van der Waals surface area contributed by atoms with Gasteiger partial charge in [-0.05, 0) is 38.1 Å². The normalized spacial score (nSPS) is 12.2. The highest BCUT2D eigenvalue weighted by atomic mass is 32.2. The van der Waals surface area contributed by atoms with Crippen molar-refractivity contribution in [3.8, 4) is 0 Å². The first-order valence-electron chi connectivity index (χ1n) is 6.75. The van der Waals surface area contributed by atoms with E-state index in [-0.39, 0.29) is 11.1 Å². The minimum Gasteiger partial charge on any atom is -0.269 e. The number of thioether (sulfide) groups is 1. The minimum atomic E-state index is -0.187. The van der Waals surface area contributed by atoms with E-state index in [2.05, 4.69) is 20.5 Å². The molecule has 0 bridgehead atoms. The Morgan fingerprint density at radius 2 is 2.14 bits per heavy atom. The fourth-order valence-corrected chi connectivity index (χ4v) is 3.85. The Morgan fingerprint density at radius 3 is 2.86 bits per heavy atom. The monoisotopic (exact) mass is 336 g/mol. The summed E-state index contributed by atoms with van der Waals surface area (Å²) in [4.78, 5) is 17.4. The first-order valence-corrected chi connectivity index (χ1v) is 8.61. The molecule has 0 atom stereocenters. The molecule has 3 rings (SSSR count). The Hall–Kier alpha value is -1.74. The third-order valence-electron chi connectivity index (χ3n) is 3.05. The molecule has 0 N–H and O–H groups in total. The predicted molar refractivity (Wildman–Crippen MR) is 86.5 cm³/mol. The van der Waals surface area contributed by atoms with Crippen molar-refractivity contribution in [1.82, 2.24) is 29.6 Å². The average molecular weight is 336 g/mol. The van der Waals surface area contributed by atoms with Gasteiger partial charge in [0.2, 0.25) is 5.16 Å². The molecule has 0 aliphatic rings. The summed E-state index contributed by atoms with van der Waals surface area (Å²) in [5, 5.41) is 14.4. The highest BCUT2D eigenvalue weighted by molar-refractivity contribution is 7.98. The number of nitrogens with zero attached hydrogens (tertiary/aromatic N) is 6. The van der Waals surface area contributed by atoms with E-state index in [9.17, 15) is 4.79 Å². The van der Waals surface area contributed by atoms with Gasteiger partial charge in [0.1, 0.15) is 0 Å². The third kappa shape index (κ3) is 2.78. The molecule has 0 radical (unpaired) electrons. The van der Waals surface area contributed by atoms with Crippen LogP contribution in [0.5, 0.6) is 0 Å². The van der Waals surface area contributed by atoms with Gasteiger partial charge in [-0.1, -0.05) is 11.8 Å². The highest BCUT2D eigenvalue weighted by Crippen LogP contribution is 2.24. The van der Waals surface area contributed by atoms with Crippen LogP contribution in [-0.4, -0.2) is 29.6 Å². The van der Waals surface area contributed by atoms with Crippen molar-refractivity contribution in [2.45, 2.75) is 44.1 Å². The zero-order valence-corrected chi connectivity index (χ0v) is 14.4. The maximum absolute atomic E-state index is 12.1. The van der Waals surface area contributed by atoms with Crippen molar-refractivity contribution in [3.05, 3.63) is 33.2 Å². The second-order valence-electron chi connectivity index (χ2n) is 5.91. The summed E-state index contributed by atoms with van der Waals surface area (Å²) in [5.74, 6) is 0.555. The lowest BCUT2D eigenvalue weighted by Crippen LogP contribution is -2.24. The van der Waals surface area contributed by atoms with Crippen LogP contribution in [0.1, 0.15) is 32.2 Å². The topological polar surface area (TPSA) is 78.0 Å². The molecule has 0 aliphatic carbocycles. The van der Waals surface area contributed by atoms with Gasteiger partial charge in [0.05, 0.1) is 11.2 Å². The van der Waals surface area contributed by atoms with Gasteiger partial charge in [-0.25, -0.2) is 9.67 Å². The van der Waals surface area contributed by atoms with Gasteiger partial charge in [-0.3, -0.25) is 9.20 Å². The quantitative estimate of drug-likeness (QED) is 0.682. The molecule has 0 saturated heterocycles. The van der Waals surface area contributed by atoms with Crippen LogP contribution in [0.3, 0.4) is 0 Å². The first kappa shape index (κ1) is 15.2. The van der Waals surface area contributed by atoms with E-state index in [0.717, 1.165) is 21.5 Å². The van der Waals surface area contributed by atoms with E-state index in [1.165, 1.54) is 23.1 Å². The van der Waals surface area contributed by atoms with Crippen molar-refractivity contribution < 1.29 is 0 Å². The number of aromatic nitrogens is 6. The summed E-state index contributed by atoms with van der Waals surface area (Å²) >= 11 is 2.95. The van der Waals surface area contributed by atoms with E-state index in [0.29, 0.717) is 5.75 Å². The maximum Gasteiger partial charge on any atom is 0.258 e. The number of fused-ring (bicyclic) bond motifs is 1. The van der Waals surface area contributed by atoms with Gasteiger partial charge in [0.25, 0.3) is 5.56 Å². The SMILES string of the molecule is Cc1csc2nc(CSc3nnnn3C(C)(C)C)cc(=O)n12. The van der Waals surface area contributed by atoms with Crippen LogP contribution in [0.25, 0.3) is 4.96 Å². The first-order chi connectivity index (χ1) is 10.4. The van der Waals surface area contributed by atoms with Crippen molar-refractivity contribution >= 4 is 28.1 Å². The largest absolute Gasteiger partial charge is 0.269 e. The van der Waals surface area contributed by atoms with Crippen LogP contribution < -0.4 is 5.56 Å². The number of hydrogen-bond donors (Lipinski definition) is 0. The Bertz CT molecular complexity index is 873. The highest BCUT2D eigenvalue weighted by Gasteiger charge is 2.20. The fourth-order valence-electron chi connectivity index (χ4n) is 2.00. The standard InChI is InChI=1S/C13H16N6OS2/c1-8-6-21-11-14-9(5-10(20)18(8)11)7-22-12-15-16-17-19(12)13(2,3)4/h5-6H,7H2,1-4H3. The van der Waals surface area contributed by atoms with E-state index in [4.69, 9.17) is 0 Å². The molecule has 116 valence electrons.